The van der Waals surface area contributed by atoms with E-state index >= 15 is 0 Å². The Bertz CT molecular complexity index is 78.6. The van der Waals surface area contributed by atoms with Crippen LogP contribution in [0.3, 0.4) is 0 Å². The monoisotopic (exact) mass is 269 g/mol. The first-order valence-corrected chi connectivity index (χ1v) is 1.26. The third-order valence-electron chi connectivity index (χ3n) is 0. The van der Waals surface area contributed by atoms with Crippen LogP contribution in [-0.2, 0) is 22.4 Å². The molecule has 0 fully saturated rings. The number of carbonyl (C=O) groups excluding carboxylic acids is 1. The Kier molecular flexibility index (Phi) is 37.0. The minimum atomic E-state index is -2.33. The molecular weight excluding hydrogens is 267 g/mol. The average molecular weight is 270 g/mol. The molecule has 0 amide bonds. The van der Waals surface area contributed by atoms with E-state index in [9.17, 15) is 0 Å². The molecule has 0 atom stereocenters. The Balaban J connectivity index is -0.0000000171. The Morgan fingerprint density at radius 1 is 1.20 bits per heavy atom. The molecule has 59 valence electrons. The molecule has 0 unspecified atom stereocenters. The normalized spacial score (nSPS) is 4.80. The van der Waals surface area contributed by atoms with Crippen LogP contribution in [0.5, 0.6) is 0 Å². The predicted molar refractivity (Wildman–Crippen MR) is 17.2 cm³/mol. The van der Waals surface area contributed by atoms with E-state index in [0.717, 1.165) is 0 Å². The molecule has 0 heterocycles. The van der Waals surface area contributed by atoms with Gasteiger partial charge in [0, 0.05) is 22.4 Å². The van der Waals surface area contributed by atoms with Crippen LogP contribution in [0.4, 0.5) is 9.59 Å². The molecule has 0 aliphatic carbocycles. The van der Waals surface area contributed by atoms with Crippen LogP contribution < -0.4 is 61.6 Å². The van der Waals surface area contributed by atoms with Crippen LogP contribution in [0.25, 0.3) is 0 Å². The summed E-state index contributed by atoms with van der Waals surface area (Å²) in [5, 5.41) is 30.6. The Morgan fingerprint density at radius 3 is 1.20 bits per heavy atom. The predicted octanol–water partition coefficient (Wildman–Crippen LogP) is -5.11. The van der Waals surface area contributed by atoms with Crippen LogP contribution in [0.15, 0.2) is 0 Å². The summed E-state index contributed by atoms with van der Waals surface area (Å²) >= 11 is 0. The van der Waals surface area contributed by atoms with Gasteiger partial charge in [0.15, 0.2) is 0 Å². The van der Waals surface area contributed by atoms with Crippen molar-refractivity contribution in [1.29, 1.82) is 0 Å². The van der Waals surface area contributed by atoms with E-state index in [-0.39, 0.29) is 75.2 Å². The molecule has 8 heteroatoms. The van der Waals surface area contributed by atoms with E-state index in [1.165, 1.54) is 0 Å². The topological polar surface area (TPSA) is 121 Å². The van der Waals surface area contributed by atoms with E-state index < -0.39 is 12.3 Å². The van der Waals surface area contributed by atoms with E-state index in [1.54, 1.807) is 0 Å². The summed E-state index contributed by atoms with van der Waals surface area (Å²) in [5.41, 5.74) is 0. The number of hydrogen-bond acceptors (Lipinski definition) is 4. The average Bonchev–Trinajstić information content (AvgIpc) is 1.25. The fraction of sp³-hybridized carbons (Fsp3) is 0. The van der Waals surface area contributed by atoms with Gasteiger partial charge in [0.2, 0.25) is 0 Å². The van der Waals surface area contributed by atoms with Crippen LogP contribution in [0, 0.1) is 0 Å². The molecular formula is C2H3AgKO6. The van der Waals surface area contributed by atoms with Gasteiger partial charge >= 0.3 is 59.0 Å². The van der Waals surface area contributed by atoms with Gasteiger partial charge in [0.05, 0.1) is 0 Å². The summed E-state index contributed by atoms with van der Waals surface area (Å²) in [4.78, 5) is 16.9. The second-order valence-corrected chi connectivity index (χ2v) is 0.533. The maximum absolute atomic E-state index is 8.56. The molecule has 0 aromatic heterocycles. The van der Waals surface area contributed by atoms with Crippen LogP contribution in [0.1, 0.15) is 1.43 Å². The zero-order chi connectivity index (χ0) is 7.15. The minimum absolute atomic E-state index is 0. The molecule has 0 saturated heterocycles. The molecule has 0 aliphatic heterocycles. The third-order valence-corrected chi connectivity index (χ3v) is 0. The van der Waals surface area contributed by atoms with Gasteiger partial charge in [-0.15, -0.1) is 0 Å². The van der Waals surface area contributed by atoms with Gasteiger partial charge in [-0.3, -0.25) is 0 Å². The smallest absolute Gasteiger partial charge is 0.652 e. The van der Waals surface area contributed by atoms with Crippen molar-refractivity contribution in [2.75, 3.05) is 0 Å². The summed E-state index contributed by atoms with van der Waals surface area (Å²) in [7, 11) is 0. The van der Waals surface area contributed by atoms with Crippen molar-refractivity contribution in [2.24, 2.45) is 0 Å². The van der Waals surface area contributed by atoms with Crippen LogP contribution >= 0.6 is 0 Å². The van der Waals surface area contributed by atoms with E-state index in [2.05, 4.69) is 0 Å². The summed E-state index contributed by atoms with van der Waals surface area (Å²) < 4.78 is 0. The second kappa shape index (κ2) is 16.5. The number of carboxylic acid groups (broad SMARTS) is 4. The molecule has 10 heavy (non-hydrogen) atoms. The van der Waals surface area contributed by atoms with Crippen LogP contribution in [-0.4, -0.2) is 22.5 Å². The zero-order valence-electron chi connectivity index (χ0n) is 5.83. The molecule has 0 rings (SSSR count). The first-order chi connectivity index (χ1) is 3.46. The van der Waals surface area contributed by atoms with E-state index in [0.29, 0.717) is 0 Å². The van der Waals surface area contributed by atoms with Gasteiger partial charge in [0.1, 0.15) is 0 Å². The number of hydrogen-bond donors (Lipinski definition) is 2. The van der Waals surface area contributed by atoms with Gasteiger partial charge in [-0.2, -0.15) is 0 Å². The fourth-order valence-electron chi connectivity index (χ4n) is 0. The zero-order valence-corrected chi connectivity index (χ0v) is 9.43. The Labute approximate surface area is 116 Å². The molecule has 0 aliphatic rings. The van der Waals surface area contributed by atoms with Crippen LogP contribution in [0.2, 0.25) is 0 Å². The van der Waals surface area contributed by atoms with Crippen molar-refractivity contribution >= 4 is 12.3 Å². The Morgan fingerprint density at radius 2 is 1.20 bits per heavy atom. The molecule has 2 N–H and O–H groups in total. The molecule has 0 aromatic carbocycles. The SMILES string of the molecule is O=C(O)O.O=C([O-])[O-].[Ag].[H+].[K+]. The van der Waals surface area contributed by atoms with Gasteiger partial charge < -0.3 is 25.2 Å². The standard InChI is InChI=1S/2CH2O3.Ag.K/c2*2-1(3)4;;/h2*(H2,2,3,4);;/q;;;+1/p-1. The van der Waals surface area contributed by atoms with Gasteiger partial charge in [-0.25, -0.2) is 4.79 Å². The fourth-order valence-corrected chi connectivity index (χ4v) is 0. The first kappa shape index (κ1) is 22.4. The van der Waals surface area contributed by atoms with Gasteiger partial charge in [0.25, 0.3) is 0 Å². The molecule has 0 bridgehead atoms. The third kappa shape index (κ3) is 665. The second-order valence-electron chi connectivity index (χ2n) is 0.533. The molecule has 0 aromatic rings. The van der Waals surface area contributed by atoms with E-state index in [1.807, 2.05) is 0 Å². The minimum Gasteiger partial charge on any atom is -0.652 e. The largest absolute Gasteiger partial charge is 1.00 e. The van der Waals surface area contributed by atoms with Crippen molar-refractivity contribution in [3.63, 3.8) is 0 Å². The maximum atomic E-state index is 8.56. The number of carbonyl (C=O) groups is 2. The van der Waals surface area contributed by atoms with Crippen molar-refractivity contribution < 1.29 is 105 Å². The van der Waals surface area contributed by atoms with Gasteiger partial charge in [-0.1, -0.05) is 0 Å². The van der Waals surface area contributed by atoms with Crippen molar-refractivity contribution in [2.45, 2.75) is 0 Å². The van der Waals surface area contributed by atoms with E-state index in [4.69, 9.17) is 30.0 Å². The van der Waals surface area contributed by atoms with Crippen molar-refractivity contribution in [3.8, 4) is 0 Å². The quantitative estimate of drug-likeness (QED) is 0.425. The Hall–Kier alpha value is 0.917. The maximum Gasteiger partial charge on any atom is 1.00 e. The molecule has 1 radical (unpaired) electrons. The van der Waals surface area contributed by atoms with Gasteiger partial charge in [-0.05, 0) is 6.16 Å². The summed E-state index contributed by atoms with van der Waals surface area (Å²) in [6.45, 7) is 0. The molecule has 0 saturated carbocycles. The molecule has 0 spiro atoms. The summed E-state index contributed by atoms with van der Waals surface area (Å²) in [6.07, 6.45) is -4.17. The number of rotatable bonds is 0. The summed E-state index contributed by atoms with van der Waals surface area (Å²) in [5.74, 6) is 0. The summed E-state index contributed by atoms with van der Waals surface area (Å²) in [6, 6.07) is 0. The van der Waals surface area contributed by atoms with Crippen molar-refractivity contribution in [1.82, 2.24) is 0 Å². The first-order valence-electron chi connectivity index (χ1n) is 1.26. The van der Waals surface area contributed by atoms with Crippen molar-refractivity contribution in [3.05, 3.63) is 0 Å². The molecule has 6 nitrogen and oxygen atoms in total.